The maximum Gasteiger partial charge on any atom is 0.205 e. The summed E-state index contributed by atoms with van der Waals surface area (Å²) in [7, 11) is 3.10. The average molecular weight is 447 g/mol. The highest BCUT2D eigenvalue weighted by Crippen LogP contribution is 2.41. The Kier molecular flexibility index (Phi) is 6.69. The lowest BCUT2D eigenvalue weighted by Crippen LogP contribution is -2.08. The molecule has 0 unspecified atom stereocenters. The zero-order valence-electron chi connectivity index (χ0n) is 18.5. The van der Waals surface area contributed by atoms with Crippen molar-refractivity contribution in [3.63, 3.8) is 0 Å². The predicted octanol–water partition coefficient (Wildman–Crippen LogP) is 5.06. The third kappa shape index (κ3) is 4.87. The van der Waals surface area contributed by atoms with Gasteiger partial charge >= 0.3 is 0 Å². The van der Waals surface area contributed by atoms with Crippen molar-refractivity contribution >= 4 is 16.7 Å². The number of phenols is 1. The van der Waals surface area contributed by atoms with Crippen molar-refractivity contribution in [2.45, 2.75) is 6.42 Å². The van der Waals surface area contributed by atoms with E-state index in [0.29, 0.717) is 31.1 Å². The molecule has 4 aromatic rings. The molecule has 0 bridgehead atoms. The molecule has 4 rings (SSSR count). The van der Waals surface area contributed by atoms with Crippen LogP contribution >= 0.6 is 0 Å². The summed E-state index contributed by atoms with van der Waals surface area (Å²) in [6.07, 6.45) is 0.696. The summed E-state index contributed by atoms with van der Waals surface area (Å²) in [5.41, 5.74) is 1.51. The molecule has 0 saturated heterocycles. The van der Waals surface area contributed by atoms with Crippen molar-refractivity contribution in [1.82, 2.24) is 0 Å². The molecule has 33 heavy (non-hydrogen) atoms. The lowest BCUT2D eigenvalue weighted by atomic mass is 10.1. The largest absolute Gasteiger partial charge is 0.507 e. The number of fused-ring (bicyclic) bond motifs is 1. The van der Waals surface area contributed by atoms with Crippen molar-refractivity contribution in [2.24, 2.45) is 0 Å². The van der Waals surface area contributed by atoms with Gasteiger partial charge in [-0.15, -0.1) is 0 Å². The van der Waals surface area contributed by atoms with Gasteiger partial charge < -0.3 is 29.1 Å². The SMILES string of the molecule is COc1ccc(NCCCOc2cc(O)c3c(=O)cc(-c4ccccc4)oc3c2OC)cc1. The molecule has 0 fully saturated rings. The van der Waals surface area contributed by atoms with Crippen LogP contribution in [0.2, 0.25) is 0 Å². The smallest absolute Gasteiger partial charge is 0.205 e. The first-order valence-corrected chi connectivity index (χ1v) is 10.5. The van der Waals surface area contributed by atoms with E-state index in [1.807, 2.05) is 54.6 Å². The van der Waals surface area contributed by atoms with Gasteiger partial charge in [0, 0.05) is 29.9 Å². The Morgan fingerprint density at radius 3 is 2.42 bits per heavy atom. The van der Waals surface area contributed by atoms with E-state index in [1.54, 1.807) is 7.11 Å². The molecular formula is C26H25NO6. The Balaban J connectivity index is 1.51. The summed E-state index contributed by atoms with van der Waals surface area (Å²) in [6, 6.07) is 19.7. The topological polar surface area (TPSA) is 90.2 Å². The highest BCUT2D eigenvalue weighted by Gasteiger charge is 2.20. The van der Waals surface area contributed by atoms with Gasteiger partial charge in [-0.1, -0.05) is 30.3 Å². The van der Waals surface area contributed by atoms with E-state index in [1.165, 1.54) is 19.2 Å². The summed E-state index contributed by atoms with van der Waals surface area (Å²) in [6.45, 7) is 1.05. The molecule has 0 aliphatic carbocycles. The van der Waals surface area contributed by atoms with Gasteiger partial charge in [-0.25, -0.2) is 0 Å². The first-order valence-electron chi connectivity index (χ1n) is 10.5. The van der Waals surface area contributed by atoms with Crippen LogP contribution < -0.4 is 25.0 Å². The monoisotopic (exact) mass is 447 g/mol. The highest BCUT2D eigenvalue weighted by molar-refractivity contribution is 5.91. The van der Waals surface area contributed by atoms with E-state index < -0.39 is 0 Å². The van der Waals surface area contributed by atoms with Gasteiger partial charge in [-0.2, -0.15) is 0 Å². The summed E-state index contributed by atoms with van der Waals surface area (Å²) < 4.78 is 22.5. The van der Waals surface area contributed by atoms with Crippen LogP contribution in [0.1, 0.15) is 6.42 Å². The number of nitrogens with one attached hydrogen (secondary N) is 1. The first-order chi connectivity index (χ1) is 16.1. The fourth-order valence-corrected chi connectivity index (χ4v) is 3.51. The van der Waals surface area contributed by atoms with E-state index in [-0.39, 0.29) is 27.9 Å². The van der Waals surface area contributed by atoms with Crippen LogP contribution in [-0.4, -0.2) is 32.5 Å². The minimum atomic E-state index is -0.360. The van der Waals surface area contributed by atoms with Crippen LogP contribution in [0, 0.1) is 0 Å². The maximum absolute atomic E-state index is 12.7. The van der Waals surface area contributed by atoms with Crippen molar-refractivity contribution in [2.75, 3.05) is 32.7 Å². The van der Waals surface area contributed by atoms with Crippen molar-refractivity contribution in [3.05, 3.63) is 77.0 Å². The summed E-state index contributed by atoms with van der Waals surface area (Å²) in [5, 5.41) is 13.9. The number of aromatic hydroxyl groups is 1. The van der Waals surface area contributed by atoms with Crippen LogP contribution in [0.25, 0.3) is 22.3 Å². The highest BCUT2D eigenvalue weighted by atomic mass is 16.5. The van der Waals surface area contributed by atoms with Crippen molar-refractivity contribution in [1.29, 1.82) is 0 Å². The minimum absolute atomic E-state index is 0.0556. The normalized spacial score (nSPS) is 10.7. The molecule has 2 N–H and O–H groups in total. The third-order valence-electron chi connectivity index (χ3n) is 5.16. The van der Waals surface area contributed by atoms with Crippen LogP contribution in [0.5, 0.6) is 23.0 Å². The van der Waals surface area contributed by atoms with Crippen LogP contribution in [0.4, 0.5) is 5.69 Å². The third-order valence-corrected chi connectivity index (χ3v) is 5.16. The Bertz CT molecular complexity index is 1280. The molecular weight excluding hydrogens is 422 g/mol. The molecule has 0 spiro atoms. The Labute approximate surface area is 191 Å². The lowest BCUT2D eigenvalue weighted by molar-refractivity contribution is 0.290. The second-order valence-electron chi connectivity index (χ2n) is 7.33. The predicted molar refractivity (Wildman–Crippen MR) is 128 cm³/mol. The summed E-state index contributed by atoms with van der Waals surface area (Å²) in [4.78, 5) is 12.7. The molecule has 7 nitrogen and oxygen atoms in total. The quantitative estimate of drug-likeness (QED) is 0.347. The molecule has 0 radical (unpaired) electrons. The maximum atomic E-state index is 12.7. The van der Waals surface area contributed by atoms with Gasteiger partial charge in [0.25, 0.3) is 0 Å². The molecule has 0 saturated carbocycles. The fourth-order valence-electron chi connectivity index (χ4n) is 3.51. The summed E-state index contributed by atoms with van der Waals surface area (Å²) >= 11 is 0. The molecule has 7 heteroatoms. The number of hydrogen-bond donors (Lipinski definition) is 2. The van der Waals surface area contributed by atoms with E-state index in [9.17, 15) is 9.90 Å². The molecule has 0 aliphatic rings. The Morgan fingerprint density at radius 2 is 1.73 bits per heavy atom. The van der Waals surface area contributed by atoms with E-state index in [2.05, 4.69) is 5.32 Å². The van der Waals surface area contributed by atoms with Crippen molar-refractivity contribution in [3.8, 4) is 34.3 Å². The summed E-state index contributed by atoms with van der Waals surface area (Å²) in [5.74, 6) is 1.53. The standard InChI is InChI=1S/C26H25NO6/c1-30-19-11-9-18(10-12-19)27-13-6-14-32-23-16-21(29)24-20(28)15-22(17-7-4-3-5-8-17)33-26(24)25(23)31-2/h3-5,7-12,15-16,27,29H,6,13-14H2,1-2H3. The Hall–Kier alpha value is -4.13. The average Bonchev–Trinajstić information content (AvgIpc) is 2.84. The second-order valence-corrected chi connectivity index (χ2v) is 7.33. The zero-order chi connectivity index (χ0) is 23.2. The van der Waals surface area contributed by atoms with Crippen molar-refractivity contribution < 1.29 is 23.7 Å². The number of ether oxygens (including phenoxy) is 3. The number of phenolic OH excluding ortho intramolecular Hbond substituents is 1. The molecule has 1 heterocycles. The fraction of sp³-hybridized carbons (Fsp3) is 0.192. The van der Waals surface area contributed by atoms with Gasteiger partial charge in [0.2, 0.25) is 5.75 Å². The van der Waals surface area contributed by atoms with Gasteiger partial charge in [-0.3, -0.25) is 4.79 Å². The second kappa shape index (κ2) is 9.99. The zero-order valence-corrected chi connectivity index (χ0v) is 18.5. The van der Waals surface area contributed by atoms with Crippen LogP contribution in [-0.2, 0) is 0 Å². The Morgan fingerprint density at radius 1 is 0.970 bits per heavy atom. The molecule has 170 valence electrons. The van der Waals surface area contributed by atoms with E-state index >= 15 is 0 Å². The molecule has 0 atom stereocenters. The number of methoxy groups -OCH3 is 2. The van der Waals surface area contributed by atoms with Gasteiger partial charge in [0.05, 0.1) is 20.8 Å². The van der Waals surface area contributed by atoms with Gasteiger partial charge in [0.1, 0.15) is 22.6 Å². The number of hydrogen-bond acceptors (Lipinski definition) is 7. The van der Waals surface area contributed by atoms with Crippen LogP contribution in [0.15, 0.2) is 75.9 Å². The molecule has 1 aromatic heterocycles. The number of benzene rings is 3. The van der Waals surface area contributed by atoms with E-state index in [0.717, 1.165) is 17.0 Å². The molecule has 0 aliphatic heterocycles. The molecule has 0 amide bonds. The molecule has 3 aromatic carbocycles. The van der Waals surface area contributed by atoms with Crippen LogP contribution in [0.3, 0.4) is 0 Å². The minimum Gasteiger partial charge on any atom is -0.507 e. The number of anilines is 1. The van der Waals surface area contributed by atoms with Gasteiger partial charge in [0.15, 0.2) is 16.8 Å². The number of rotatable bonds is 9. The lowest BCUT2D eigenvalue weighted by Gasteiger charge is -2.14. The first kappa shape index (κ1) is 22.1. The van der Waals surface area contributed by atoms with E-state index in [4.69, 9.17) is 18.6 Å². The van der Waals surface area contributed by atoms with Gasteiger partial charge in [-0.05, 0) is 30.7 Å².